The summed E-state index contributed by atoms with van der Waals surface area (Å²) in [5.74, 6) is -0.0326. The lowest BCUT2D eigenvalue weighted by atomic mass is 10.0. The second-order valence-corrected chi connectivity index (χ2v) is 10.1. The Bertz CT molecular complexity index is 566. The summed E-state index contributed by atoms with van der Waals surface area (Å²) < 4.78 is 27.9. The van der Waals surface area contributed by atoms with E-state index < -0.39 is 10.0 Å². The van der Waals surface area contributed by atoms with Crippen LogP contribution in [0.5, 0.6) is 0 Å². The third-order valence-corrected chi connectivity index (χ3v) is 7.47. The Kier molecular flexibility index (Phi) is 8.52. The van der Waals surface area contributed by atoms with Gasteiger partial charge < -0.3 is 14.7 Å². The average molecular weight is 403 g/mol. The highest BCUT2D eigenvalue weighted by Crippen LogP contribution is 2.19. The van der Waals surface area contributed by atoms with Crippen LogP contribution in [0.4, 0.5) is 0 Å². The molecule has 2 aliphatic heterocycles. The molecule has 0 spiro atoms. The molecule has 2 saturated heterocycles. The summed E-state index contributed by atoms with van der Waals surface area (Å²) in [5, 5.41) is 0. The van der Waals surface area contributed by atoms with Crippen molar-refractivity contribution in [2.24, 2.45) is 0 Å². The molecule has 0 unspecified atom stereocenters. The first-order valence-corrected chi connectivity index (χ1v) is 12.1. The Labute approximate surface area is 165 Å². The predicted molar refractivity (Wildman–Crippen MR) is 109 cm³/mol. The van der Waals surface area contributed by atoms with Crippen molar-refractivity contribution < 1.29 is 13.2 Å². The fourth-order valence-electron chi connectivity index (χ4n) is 4.21. The van der Waals surface area contributed by atoms with Crippen LogP contribution in [0.15, 0.2) is 0 Å². The molecule has 0 aliphatic carbocycles. The normalized spacial score (nSPS) is 21.7. The fraction of sp³-hybridized carbons (Fsp3) is 0.947. The molecule has 0 radical (unpaired) electrons. The van der Waals surface area contributed by atoms with Gasteiger partial charge in [-0.1, -0.05) is 6.92 Å². The van der Waals surface area contributed by atoms with E-state index in [0.717, 1.165) is 58.4 Å². The van der Waals surface area contributed by atoms with Crippen LogP contribution >= 0.6 is 0 Å². The van der Waals surface area contributed by atoms with Gasteiger partial charge in [0, 0.05) is 44.7 Å². The number of carbonyl (C=O) groups excluding carboxylic acids is 1. The molecule has 2 fully saturated rings. The topological polar surface area (TPSA) is 73.0 Å². The van der Waals surface area contributed by atoms with Crippen LogP contribution in [0.3, 0.4) is 0 Å². The summed E-state index contributed by atoms with van der Waals surface area (Å²) in [6.45, 7) is 13.2. The fourth-order valence-corrected chi connectivity index (χ4v) is 5.51. The number of piperidine rings is 2. The van der Waals surface area contributed by atoms with E-state index in [1.54, 1.807) is 11.8 Å². The Morgan fingerprint density at radius 2 is 1.70 bits per heavy atom. The zero-order valence-electron chi connectivity index (χ0n) is 17.5. The van der Waals surface area contributed by atoms with Gasteiger partial charge in [0.15, 0.2) is 0 Å². The highest BCUT2D eigenvalue weighted by atomic mass is 32.2. The molecule has 8 heteroatoms. The van der Waals surface area contributed by atoms with E-state index in [2.05, 4.69) is 35.3 Å². The van der Waals surface area contributed by atoms with Crippen molar-refractivity contribution in [1.29, 1.82) is 0 Å². The molecule has 0 aromatic rings. The van der Waals surface area contributed by atoms with Crippen LogP contribution in [0, 0.1) is 0 Å². The van der Waals surface area contributed by atoms with Gasteiger partial charge in [-0.05, 0) is 59.2 Å². The molecular weight excluding hydrogens is 364 g/mol. The van der Waals surface area contributed by atoms with Crippen LogP contribution < -0.4 is 4.72 Å². The molecule has 0 aromatic heterocycles. The molecule has 2 aliphatic rings. The van der Waals surface area contributed by atoms with Gasteiger partial charge in [0.2, 0.25) is 15.9 Å². The summed E-state index contributed by atoms with van der Waals surface area (Å²) in [6.07, 6.45) is 3.55. The molecule has 1 amide bonds. The van der Waals surface area contributed by atoms with Gasteiger partial charge >= 0.3 is 0 Å². The lowest BCUT2D eigenvalue weighted by Gasteiger charge is -2.39. The van der Waals surface area contributed by atoms with Crippen LogP contribution in [0.25, 0.3) is 0 Å². The van der Waals surface area contributed by atoms with Gasteiger partial charge in [-0.3, -0.25) is 4.79 Å². The van der Waals surface area contributed by atoms with Gasteiger partial charge in [-0.25, -0.2) is 13.1 Å². The van der Waals surface area contributed by atoms with Gasteiger partial charge in [-0.15, -0.1) is 0 Å². The maximum absolute atomic E-state index is 12.5. The molecule has 0 aromatic carbocycles. The van der Waals surface area contributed by atoms with Crippen molar-refractivity contribution in [2.45, 2.75) is 71.5 Å². The minimum atomic E-state index is -3.37. The van der Waals surface area contributed by atoms with Crippen molar-refractivity contribution in [1.82, 2.24) is 19.4 Å². The molecule has 0 saturated carbocycles. The lowest BCUT2D eigenvalue weighted by molar-refractivity contribution is -0.131. The zero-order chi connectivity index (χ0) is 20.0. The number of hydrogen-bond acceptors (Lipinski definition) is 5. The van der Waals surface area contributed by atoms with Gasteiger partial charge in [0.1, 0.15) is 0 Å². The summed E-state index contributed by atoms with van der Waals surface area (Å²) in [4.78, 5) is 18.7. The maximum atomic E-state index is 12.5. The Morgan fingerprint density at radius 1 is 1.11 bits per heavy atom. The van der Waals surface area contributed by atoms with E-state index in [9.17, 15) is 13.2 Å². The number of carbonyl (C=O) groups is 1. The van der Waals surface area contributed by atoms with E-state index >= 15 is 0 Å². The Balaban J connectivity index is 1.83. The van der Waals surface area contributed by atoms with Crippen molar-refractivity contribution in [3.05, 3.63) is 0 Å². The van der Waals surface area contributed by atoms with E-state index in [1.807, 2.05) is 0 Å². The first kappa shape index (κ1) is 22.6. The van der Waals surface area contributed by atoms with Crippen molar-refractivity contribution in [3.8, 4) is 0 Å². The molecular formula is C19H38N4O3S. The van der Waals surface area contributed by atoms with Crippen LogP contribution in [-0.2, 0) is 14.8 Å². The minimum Gasteiger partial charge on any atom is -0.339 e. The first-order valence-electron chi connectivity index (χ1n) is 10.5. The molecule has 0 atom stereocenters. The van der Waals surface area contributed by atoms with E-state index in [-0.39, 0.29) is 30.3 Å². The Morgan fingerprint density at radius 3 is 2.19 bits per heavy atom. The zero-order valence-corrected chi connectivity index (χ0v) is 18.3. The smallest absolute Gasteiger partial charge is 0.219 e. The minimum absolute atomic E-state index is 0.00896. The third kappa shape index (κ3) is 7.00. The number of rotatable bonds is 8. The number of hydrogen-bond donors (Lipinski definition) is 1. The maximum Gasteiger partial charge on any atom is 0.219 e. The number of likely N-dealkylation sites (tertiary alicyclic amines) is 2. The Hall–Kier alpha value is -0.700. The predicted octanol–water partition coefficient (Wildman–Crippen LogP) is 1.11. The summed E-state index contributed by atoms with van der Waals surface area (Å²) in [7, 11) is -3.37. The third-order valence-electron chi connectivity index (χ3n) is 6.06. The van der Waals surface area contributed by atoms with E-state index in [4.69, 9.17) is 0 Å². The molecule has 27 heavy (non-hydrogen) atoms. The van der Waals surface area contributed by atoms with Crippen LogP contribution in [-0.4, -0.2) is 92.2 Å². The molecule has 2 rings (SSSR count). The van der Waals surface area contributed by atoms with Gasteiger partial charge in [0.05, 0.1) is 5.75 Å². The molecule has 2 heterocycles. The van der Waals surface area contributed by atoms with Gasteiger partial charge in [0.25, 0.3) is 0 Å². The average Bonchev–Trinajstić information content (AvgIpc) is 2.62. The highest BCUT2D eigenvalue weighted by Gasteiger charge is 2.29. The van der Waals surface area contributed by atoms with E-state index in [1.165, 1.54) is 0 Å². The van der Waals surface area contributed by atoms with Crippen molar-refractivity contribution >= 4 is 15.9 Å². The number of nitrogens with zero attached hydrogens (tertiary/aromatic N) is 3. The standard InChI is InChI=1S/C19H38N4O3S/c1-5-21-10-6-18(7-11-21)20-27(25,26)15-14-23(17(4)24)19-8-12-22(13-9-19)16(2)3/h16,18-20H,5-15H2,1-4H3. The lowest BCUT2D eigenvalue weighted by Crippen LogP contribution is -2.50. The summed E-state index contributed by atoms with van der Waals surface area (Å²) in [5.41, 5.74) is 0. The van der Waals surface area contributed by atoms with E-state index in [0.29, 0.717) is 6.04 Å². The second-order valence-electron chi connectivity index (χ2n) is 8.22. The van der Waals surface area contributed by atoms with Crippen molar-refractivity contribution in [2.75, 3.05) is 45.0 Å². The quantitative estimate of drug-likeness (QED) is 0.658. The van der Waals surface area contributed by atoms with Crippen LogP contribution in [0.1, 0.15) is 53.4 Å². The number of sulfonamides is 1. The summed E-state index contributed by atoms with van der Waals surface area (Å²) >= 11 is 0. The first-order chi connectivity index (χ1) is 12.7. The second kappa shape index (κ2) is 10.2. The van der Waals surface area contributed by atoms with Crippen LogP contribution in [0.2, 0.25) is 0 Å². The summed E-state index contributed by atoms with van der Waals surface area (Å²) in [6, 6.07) is 0.693. The van der Waals surface area contributed by atoms with Gasteiger partial charge in [-0.2, -0.15) is 0 Å². The molecule has 1 N–H and O–H groups in total. The molecule has 0 bridgehead atoms. The monoisotopic (exact) mass is 402 g/mol. The molecule has 158 valence electrons. The molecule has 7 nitrogen and oxygen atoms in total. The largest absolute Gasteiger partial charge is 0.339 e. The number of nitrogens with one attached hydrogen (secondary N) is 1. The van der Waals surface area contributed by atoms with Crippen molar-refractivity contribution in [3.63, 3.8) is 0 Å². The highest BCUT2D eigenvalue weighted by molar-refractivity contribution is 7.89. The SMILES string of the molecule is CCN1CCC(NS(=O)(=O)CCN(C(C)=O)C2CCN(C(C)C)CC2)CC1. The number of amides is 1.